The molecule has 2 amide bonds. The molecule has 6 atom stereocenters. The molecule has 2 bridgehead atoms. The number of hydrogen-bond donors (Lipinski definition) is 5. The Morgan fingerprint density at radius 3 is 2.40 bits per heavy atom. The van der Waals surface area contributed by atoms with Crippen molar-refractivity contribution < 1.29 is 38.9 Å². The summed E-state index contributed by atoms with van der Waals surface area (Å²) in [4.78, 5) is 52.1. The van der Waals surface area contributed by atoms with E-state index < -0.39 is 36.4 Å². The summed E-state index contributed by atoms with van der Waals surface area (Å²) >= 11 is 1.44. The van der Waals surface area contributed by atoms with Crippen LogP contribution in [0.3, 0.4) is 0 Å². The van der Waals surface area contributed by atoms with Crippen LogP contribution in [0.25, 0.3) is 0 Å². The van der Waals surface area contributed by atoms with Crippen molar-refractivity contribution >= 4 is 46.7 Å². The van der Waals surface area contributed by atoms with Crippen LogP contribution in [0.1, 0.15) is 116 Å². The Kier molecular flexibility index (Phi) is 19.6. The molecule has 1 fully saturated rings. The van der Waals surface area contributed by atoms with Crippen LogP contribution in [0, 0.1) is 11.8 Å². The Balaban J connectivity index is 1.52. The quantitative estimate of drug-likeness (QED) is 0.147. The van der Waals surface area contributed by atoms with Gasteiger partial charge in [0.05, 0.1) is 34.2 Å². The number of aliphatic hydroxyl groups excluding tert-OH is 2. The van der Waals surface area contributed by atoms with Crippen LogP contribution in [0.5, 0.6) is 0 Å². The zero-order valence-corrected chi connectivity index (χ0v) is 35.1. The van der Waals surface area contributed by atoms with Gasteiger partial charge in [-0.15, -0.1) is 11.8 Å². The molecule has 4 rings (SSSR count). The number of aliphatic hydroxyl groups is 2. The highest BCUT2D eigenvalue weighted by atomic mass is 32.2. The largest absolute Gasteiger partial charge is 0.460 e. The molecule has 5 N–H and O–H groups in total. The molecule has 57 heavy (non-hydrogen) atoms. The normalized spacial score (nSPS) is 28.7. The lowest BCUT2D eigenvalue weighted by Gasteiger charge is -2.29. The first-order valence-electron chi connectivity index (χ1n) is 20.9. The first-order chi connectivity index (χ1) is 27.4. The number of ketones is 1. The number of rotatable bonds is 5. The summed E-state index contributed by atoms with van der Waals surface area (Å²) in [7, 11) is 1.59. The highest BCUT2D eigenvalue weighted by Crippen LogP contribution is 2.39. The van der Waals surface area contributed by atoms with E-state index >= 15 is 0 Å². The predicted octanol–water partition coefficient (Wildman–Crippen LogP) is 7.72. The minimum absolute atomic E-state index is 0.0732. The van der Waals surface area contributed by atoms with Crippen LogP contribution in [0.4, 0.5) is 11.4 Å². The second kappa shape index (κ2) is 24.3. The Hall–Kier alpha value is -3.71. The number of methoxy groups -OCH3 is 1. The number of anilines is 2. The Morgan fingerprint density at radius 1 is 0.930 bits per heavy atom. The van der Waals surface area contributed by atoms with E-state index in [9.17, 15) is 29.4 Å². The molecule has 0 saturated heterocycles. The Labute approximate surface area is 343 Å². The second-order valence-corrected chi connectivity index (χ2v) is 16.7. The van der Waals surface area contributed by atoms with Crippen molar-refractivity contribution in [2.45, 2.75) is 153 Å². The molecule has 0 radical (unpaired) electrons. The van der Waals surface area contributed by atoms with Crippen LogP contribution in [0.2, 0.25) is 0 Å². The van der Waals surface area contributed by atoms with Gasteiger partial charge in [-0.05, 0) is 82.1 Å². The number of thioether (sulfide) groups is 1. The van der Waals surface area contributed by atoms with E-state index in [0.29, 0.717) is 50.0 Å². The first kappa shape index (κ1) is 46.0. The summed E-state index contributed by atoms with van der Waals surface area (Å²) in [6.07, 6.45) is 21.5. The topological polar surface area (TPSA) is 163 Å². The summed E-state index contributed by atoms with van der Waals surface area (Å²) in [6, 6.07) is 3.15. The van der Waals surface area contributed by atoms with E-state index in [4.69, 9.17) is 9.47 Å². The third-order valence-electron chi connectivity index (χ3n) is 11.1. The summed E-state index contributed by atoms with van der Waals surface area (Å²) in [6.45, 7) is 5.36. The van der Waals surface area contributed by atoms with E-state index in [-0.39, 0.29) is 29.6 Å². The van der Waals surface area contributed by atoms with E-state index in [1.807, 2.05) is 68.5 Å². The molecule has 314 valence electrons. The van der Waals surface area contributed by atoms with Gasteiger partial charge in [0.2, 0.25) is 11.8 Å². The molecule has 6 unspecified atom stereocenters. The number of hydrogen-bond acceptors (Lipinski definition) is 10. The smallest absolute Gasteiger partial charge is 0.328 e. The van der Waals surface area contributed by atoms with E-state index in [1.54, 1.807) is 14.0 Å². The van der Waals surface area contributed by atoms with Crippen molar-refractivity contribution in [3.63, 3.8) is 0 Å². The fourth-order valence-corrected chi connectivity index (χ4v) is 8.41. The average Bonchev–Trinajstić information content (AvgIpc) is 3.19. The number of Topliss-reactive ketones (excluding diaryl/α,β-unsaturated/α-hetero) is 1. The van der Waals surface area contributed by atoms with Crippen LogP contribution in [0.15, 0.2) is 65.1 Å². The number of nitrogens with one attached hydrogen (secondary N) is 3. The standard InChI is InChI=1S/C45H65N3O8S/c1-30-18-17-19-33-26-37(43-38(27-33)48-41(51)29-57-43)47-40(50)25-16-9-8-13-22-35(49)28-36(55-4)23-14-6-5-7-15-24-39(31(2)42(30)52)56-45(54)32(3)46-44(53)34-20-11-10-12-21-34/h5-7,14-15,18,23,26-27,31-32,34,36,39-40,42,47,50,52H,8-13,16-17,19-22,24-25,28-29H2,1-4H3,(H,46,53)(H,48,51)/b6-5-,15-7-,23-14-,30-18-. The van der Waals surface area contributed by atoms with E-state index in [0.717, 1.165) is 79.5 Å². The highest BCUT2D eigenvalue weighted by molar-refractivity contribution is 8.00. The molecule has 1 aromatic carbocycles. The zero-order chi connectivity index (χ0) is 41.2. The van der Waals surface area contributed by atoms with Crippen molar-refractivity contribution in [1.29, 1.82) is 0 Å². The van der Waals surface area contributed by atoms with Crippen molar-refractivity contribution in [2.75, 3.05) is 23.5 Å². The van der Waals surface area contributed by atoms with Gasteiger partial charge in [-0.3, -0.25) is 14.4 Å². The van der Waals surface area contributed by atoms with Crippen molar-refractivity contribution in [3.8, 4) is 0 Å². The molecule has 12 heteroatoms. The monoisotopic (exact) mass is 807 g/mol. The number of carbonyl (C=O) groups excluding carboxylic acids is 4. The fourth-order valence-electron chi connectivity index (χ4n) is 7.52. The Morgan fingerprint density at radius 2 is 1.63 bits per heavy atom. The van der Waals surface area contributed by atoms with Gasteiger partial charge in [0.1, 0.15) is 24.2 Å². The molecule has 2 heterocycles. The van der Waals surface area contributed by atoms with Gasteiger partial charge < -0.3 is 35.6 Å². The number of fused-ring (bicyclic) bond motifs is 4. The second-order valence-electron chi connectivity index (χ2n) is 15.8. The third kappa shape index (κ3) is 15.5. The van der Waals surface area contributed by atoms with Gasteiger partial charge in [0.15, 0.2) is 0 Å². The van der Waals surface area contributed by atoms with Crippen LogP contribution < -0.4 is 16.0 Å². The maximum atomic E-state index is 13.4. The lowest BCUT2D eigenvalue weighted by molar-refractivity contribution is -0.156. The van der Waals surface area contributed by atoms with Gasteiger partial charge in [-0.25, -0.2) is 4.79 Å². The molecule has 1 aliphatic carbocycles. The number of esters is 1. The van der Waals surface area contributed by atoms with Crippen molar-refractivity contribution in [3.05, 3.63) is 65.8 Å². The number of carbonyl (C=O) groups is 4. The number of aryl methyl sites for hydroxylation is 1. The Bertz CT molecular complexity index is 1620. The van der Waals surface area contributed by atoms with Crippen molar-refractivity contribution in [1.82, 2.24) is 5.32 Å². The maximum absolute atomic E-state index is 13.4. The van der Waals surface area contributed by atoms with Gasteiger partial charge in [0.25, 0.3) is 0 Å². The summed E-state index contributed by atoms with van der Waals surface area (Å²) in [5.74, 6) is -0.855. The highest BCUT2D eigenvalue weighted by Gasteiger charge is 2.31. The third-order valence-corrected chi connectivity index (χ3v) is 12.2. The first-order valence-corrected chi connectivity index (χ1v) is 21.9. The number of benzene rings is 1. The number of ether oxygens (including phenoxy) is 2. The average molecular weight is 808 g/mol. The molecule has 0 aromatic heterocycles. The predicted molar refractivity (Wildman–Crippen MR) is 227 cm³/mol. The molecule has 1 aromatic rings. The SMILES string of the molecule is COC1\C=C/C=C\C=C/CC(OC(=O)C(C)NC(=O)C2CCCCC2)C(C)C(O)/C(C)=C\CCc2cc3c(c(c2)NC(O)CCCCCCC(=O)C1)SCC(=O)N3. The minimum atomic E-state index is -0.908. The van der Waals surface area contributed by atoms with E-state index in [1.165, 1.54) is 11.8 Å². The van der Waals surface area contributed by atoms with Gasteiger partial charge in [0, 0.05) is 38.2 Å². The van der Waals surface area contributed by atoms with Crippen molar-refractivity contribution in [2.24, 2.45) is 11.8 Å². The number of amides is 2. The molecule has 11 nitrogen and oxygen atoms in total. The van der Waals surface area contributed by atoms with E-state index in [2.05, 4.69) is 16.0 Å². The fraction of sp³-hybridized carbons (Fsp3) is 0.600. The lowest BCUT2D eigenvalue weighted by atomic mass is 9.88. The molecule has 3 aliphatic rings. The van der Waals surface area contributed by atoms with Gasteiger partial charge >= 0.3 is 5.97 Å². The zero-order valence-electron chi connectivity index (χ0n) is 34.3. The van der Waals surface area contributed by atoms with Gasteiger partial charge in [-0.2, -0.15) is 0 Å². The van der Waals surface area contributed by atoms with Crippen LogP contribution >= 0.6 is 11.8 Å². The van der Waals surface area contributed by atoms with Gasteiger partial charge in [-0.1, -0.05) is 81.6 Å². The summed E-state index contributed by atoms with van der Waals surface area (Å²) < 4.78 is 11.5. The number of allylic oxidation sites excluding steroid dienone is 5. The summed E-state index contributed by atoms with van der Waals surface area (Å²) in [5, 5.41) is 31.6. The summed E-state index contributed by atoms with van der Waals surface area (Å²) in [5.41, 5.74) is 3.19. The van der Waals surface area contributed by atoms with Crippen LogP contribution in [-0.4, -0.2) is 77.2 Å². The molecular weight excluding hydrogens is 743 g/mol. The maximum Gasteiger partial charge on any atom is 0.328 e. The van der Waals surface area contributed by atoms with Crippen LogP contribution in [-0.2, 0) is 35.1 Å². The minimum Gasteiger partial charge on any atom is -0.460 e. The molecule has 1 saturated carbocycles. The lowest BCUT2D eigenvalue weighted by Crippen LogP contribution is -2.45. The molecule has 0 spiro atoms. The molecular formula is C45H65N3O8S. The molecule has 2 aliphatic heterocycles.